The summed E-state index contributed by atoms with van der Waals surface area (Å²) >= 11 is 0. The van der Waals surface area contributed by atoms with Crippen LogP contribution in [0.5, 0.6) is 0 Å². The number of rotatable bonds is 22. The molecular formula is C31H64N4. The lowest BCUT2D eigenvalue weighted by molar-refractivity contribution is 0.266. The fourth-order valence-electron chi connectivity index (χ4n) is 4.54. The minimum Gasteiger partial charge on any atom is -0.369 e. The zero-order valence-electron chi connectivity index (χ0n) is 24.8. The highest BCUT2D eigenvalue weighted by atomic mass is 15.2. The van der Waals surface area contributed by atoms with Crippen molar-refractivity contribution in [3.63, 3.8) is 0 Å². The summed E-state index contributed by atoms with van der Waals surface area (Å²) in [4.78, 5) is 13.5. The van der Waals surface area contributed by atoms with Gasteiger partial charge in [0.15, 0.2) is 0 Å². The van der Waals surface area contributed by atoms with Gasteiger partial charge in [0, 0.05) is 39.4 Å². The Morgan fingerprint density at radius 2 is 1.09 bits per heavy atom. The zero-order chi connectivity index (χ0) is 25.8. The molecule has 0 aromatic carbocycles. The average Bonchev–Trinajstić information content (AvgIpc) is 3.39. The van der Waals surface area contributed by atoms with Crippen molar-refractivity contribution in [2.75, 3.05) is 40.3 Å². The molecule has 0 spiro atoms. The Kier molecular flexibility index (Phi) is 27.0. The van der Waals surface area contributed by atoms with Crippen molar-refractivity contribution in [3.05, 3.63) is 0 Å². The highest BCUT2D eigenvalue weighted by molar-refractivity contribution is 5.57. The molecule has 1 unspecified atom stereocenters. The summed E-state index contributed by atoms with van der Waals surface area (Å²) in [5.41, 5.74) is 0. The molecule has 0 aliphatic carbocycles. The molecule has 4 heteroatoms. The van der Waals surface area contributed by atoms with Crippen LogP contribution in [0.25, 0.3) is 0 Å². The highest BCUT2D eigenvalue weighted by Gasteiger charge is 2.16. The fraction of sp³-hybridized carbons (Fsp3) is 0.935. The first-order valence-corrected chi connectivity index (χ1v) is 15.5. The van der Waals surface area contributed by atoms with Gasteiger partial charge in [0.2, 0.25) is 0 Å². The van der Waals surface area contributed by atoms with Gasteiger partial charge in [0.25, 0.3) is 0 Å². The predicted molar refractivity (Wildman–Crippen MR) is 161 cm³/mol. The van der Waals surface area contributed by atoms with Crippen LogP contribution in [-0.4, -0.2) is 68.7 Å². The van der Waals surface area contributed by atoms with Gasteiger partial charge in [-0.2, -0.15) is 0 Å². The van der Waals surface area contributed by atoms with E-state index in [1.165, 1.54) is 129 Å². The summed E-state index contributed by atoms with van der Waals surface area (Å²) in [6, 6.07) is 0.694. The second-order valence-corrected chi connectivity index (χ2v) is 10.9. The SMILES string of the molecule is CCCCCCCCCCN=CCC(C)N1CCCC1.CCCCCCCCCCN=CN(C)C. The Balaban J connectivity index is 0.000000691. The number of hydrogen-bond acceptors (Lipinski definition) is 3. The van der Waals surface area contributed by atoms with Gasteiger partial charge in [-0.1, -0.05) is 104 Å². The van der Waals surface area contributed by atoms with Gasteiger partial charge in [0.1, 0.15) is 0 Å². The van der Waals surface area contributed by atoms with Gasteiger partial charge in [-0.3, -0.25) is 9.98 Å². The molecule has 1 atom stereocenters. The lowest BCUT2D eigenvalue weighted by Crippen LogP contribution is -2.30. The number of unbranched alkanes of at least 4 members (excludes halogenated alkanes) is 14. The summed E-state index contributed by atoms with van der Waals surface area (Å²) in [6.45, 7) is 11.5. The molecule has 4 nitrogen and oxygen atoms in total. The molecule has 0 amide bonds. The summed E-state index contributed by atoms with van der Waals surface area (Å²) < 4.78 is 0. The van der Waals surface area contributed by atoms with E-state index >= 15 is 0 Å². The van der Waals surface area contributed by atoms with E-state index in [0.29, 0.717) is 6.04 Å². The maximum absolute atomic E-state index is 4.58. The molecule has 0 aromatic heterocycles. The molecule has 35 heavy (non-hydrogen) atoms. The summed E-state index contributed by atoms with van der Waals surface area (Å²) in [5, 5.41) is 0. The van der Waals surface area contributed by atoms with E-state index in [2.05, 4.69) is 41.9 Å². The van der Waals surface area contributed by atoms with Crippen LogP contribution >= 0.6 is 0 Å². The van der Waals surface area contributed by atoms with Crippen molar-refractivity contribution in [2.45, 2.75) is 149 Å². The molecule has 1 aliphatic heterocycles. The van der Waals surface area contributed by atoms with Crippen LogP contribution in [0.1, 0.15) is 143 Å². The molecule has 1 heterocycles. The van der Waals surface area contributed by atoms with Gasteiger partial charge < -0.3 is 9.80 Å². The van der Waals surface area contributed by atoms with Gasteiger partial charge in [-0.25, -0.2) is 0 Å². The van der Waals surface area contributed by atoms with Crippen molar-refractivity contribution in [2.24, 2.45) is 9.98 Å². The van der Waals surface area contributed by atoms with Crippen LogP contribution in [0.4, 0.5) is 0 Å². The quantitative estimate of drug-likeness (QED) is 0.0858. The highest BCUT2D eigenvalue weighted by Crippen LogP contribution is 2.13. The van der Waals surface area contributed by atoms with Crippen LogP contribution in [0.2, 0.25) is 0 Å². The maximum Gasteiger partial charge on any atom is 0.0844 e. The number of aliphatic imine (C=N–C) groups is 2. The average molecular weight is 493 g/mol. The van der Waals surface area contributed by atoms with Crippen LogP contribution < -0.4 is 0 Å². The van der Waals surface area contributed by atoms with Crippen LogP contribution in [0.3, 0.4) is 0 Å². The standard InChI is InChI=1S/C18H36N2.C13H28N2/c1-3-4-5-6-7-8-9-10-14-19-15-13-18(2)20-16-11-12-17-20;1-4-5-6-7-8-9-10-11-12-14-13-15(2)3/h15,18H,3-14,16-17H2,1-2H3;13H,4-12H2,1-3H3. The third-order valence-corrected chi connectivity index (χ3v) is 6.93. The monoisotopic (exact) mass is 493 g/mol. The lowest BCUT2D eigenvalue weighted by Gasteiger charge is -2.21. The summed E-state index contributed by atoms with van der Waals surface area (Å²) in [5.74, 6) is 0. The largest absolute Gasteiger partial charge is 0.369 e. The molecule has 0 saturated carbocycles. The molecule has 0 N–H and O–H groups in total. The van der Waals surface area contributed by atoms with Gasteiger partial charge >= 0.3 is 0 Å². The first kappa shape index (κ1) is 34.1. The van der Waals surface area contributed by atoms with Crippen molar-refractivity contribution < 1.29 is 0 Å². The maximum atomic E-state index is 4.58. The fourth-order valence-corrected chi connectivity index (χ4v) is 4.54. The molecule has 208 valence electrons. The molecule has 0 aromatic rings. The third-order valence-electron chi connectivity index (χ3n) is 6.93. The third kappa shape index (κ3) is 26.0. The number of nitrogens with zero attached hydrogens (tertiary/aromatic N) is 4. The first-order chi connectivity index (χ1) is 17.1. The number of hydrogen-bond donors (Lipinski definition) is 0. The smallest absolute Gasteiger partial charge is 0.0844 e. The van der Waals surface area contributed by atoms with E-state index in [9.17, 15) is 0 Å². The second kappa shape index (κ2) is 27.7. The molecule has 1 fully saturated rings. The predicted octanol–water partition coefficient (Wildman–Crippen LogP) is 8.79. The van der Waals surface area contributed by atoms with E-state index in [1.807, 2.05) is 25.3 Å². The summed E-state index contributed by atoms with van der Waals surface area (Å²) in [6.07, 6.45) is 30.1. The molecule has 1 aliphatic rings. The van der Waals surface area contributed by atoms with E-state index in [1.54, 1.807) is 0 Å². The minimum absolute atomic E-state index is 0.694. The molecule has 0 radical (unpaired) electrons. The van der Waals surface area contributed by atoms with Crippen LogP contribution in [0, 0.1) is 0 Å². The molecule has 1 saturated heterocycles. The van der Waals surface area contributed by atoms with Gasteiger partial charge in [0.05, 0.1) is 6.34 Å². The van der Waals surface area contributed by atoms with Crippen molar-refractivity contribution in [3.8, 4) is 0 Å². The van der Waals surface area contributed by atoms with Crippen molar-refractivity contribution >= 4 is 12.6 Å². The van der Waals surface area contributed by atoms with Crippen LogP contribution in [0.15, 0.2) is 9.98 Å². The van der Waals surface area contributed by atoms with E-state index in [-0.39, 0.29) is 0 Å². The van der Waals surface area contributed by atoms with E-state index < -0.39 is 0 Å². The Hall–Kier alpha value is -0.900. The zero-order valence-corrected chi connectivity index (χ0v) is 24.8. The van der Waals surface area contributed by atoms with Crippen LogP contribution in [-0.2, 0) is 0 Å². The normalized spacial score (nSPS) is 15.1. The minimum atomic E-state index is 0.694. The molecule has 1 rings (SSSR count). The van der Waals surface area contributed by atoms with Gasteiger partial charge in [-0.05, 0) is 52.1 Å². The Morgan fingerprint density at radius 3 is 1.54 bits per heavy atom. The van der Waals surface area contributed by atoms with Crippen molar-refractivity contribution in [1.82, 2.24) is 9.80 Å². The first-order valence-electron chi connectivity index (χ1n) is 15.5. The Morgan fingerprint density at radius 1 is 0.657 bits per heavy atom. The Labute approximate surface area is 221 Å². The van der Waals surface area contributed by atoms with Crippen molar-refractivity contribution in [1.29, 1.82) is 0 Å². The summed E-state index contributed by atoms with van der Waals surface area (Å²) in [7, 11) is 4.02. The lowest BCUT2D eigenvalue weighted by atomic mass is 10.1. The van der Waals surface area contributed by atoms with E-state index in [4.69, 9.17) is 0 Å². The second-order valence-electron chi connectivity index (χ2n) is 10.9. The van der Waals surface area contributed by atoms with E-state index in [0.717, 1.165) is 19.5 Å². The Bertz CT molecular complexity index is 455. The number of likely N-dealkylation sites (tertiary alicyclic amines) is 1. The topological polar surface area (TPSA) is 31.2 Å². The molecular weight excluding hydrogens is 428 g/mol. The molecule has 0 bridgehead atoms. The van der Waals surface area contributed by atoms with Gasteiger partial charge in [-0.15, -0.1) is 0 Å².